The van der Waals surface area contributed by atoms with E-state index in [1.165, 1.54) is 0 Å². The van der Waals surface area contributed by atoms with Gasteiger partial charge in [0.05, 0.1) is 0 Å². The molecule has 2 aliphatic rings. The van der Waals surface area contributed by atoms with E-state index >= 15 is 0 Å². The first-order chi connectivity index (χ1) is 5.93. The molecule has 1 unspecified atom stereocenters. The van der Waals surface area contributed by atoms with Crippen LogP contribution in [0.5, 0.6) is 0 Å². The summed E-state index contributed by atoms with van der Waals surface area (Å²) in [5.74, 6) is 1.38. The maximum Gasteiger partial charge on any atom is 0.226 e. The average Bonchev–Trinajstić information content (AvgIpc) is 2.64. The van der Waals surface area contributed by atoms with E-state index in [1.807, 2.05) is 0 Å². The van der Waals surface area contributed by atoms with Crippen LogP contribution in [0.15, 0.2) is 0 Å². The lowest BCUT2D eigenvalue weighted by atomic mass is 9.82. The Morgan fingerprint density at radius 1 is 1.38 bits per heavy atom. The Balaban J connectivity index is 2.04. The highest BCUT2D eigenvalue weighted by Gasteiger charge is 2.51. The summed E-state index contributed by atoms with van der Waals surface area (Å²) in [4.78, 5) is 14.0. The lowest BCUT2D eigenvalue weighted by Gasteiger charge is -2.54. The highest BCUT2D eigenvalue weighted by atomic mass is 16.2. The van der Waals surface area contributed by atoms with Crippen LogP contribution in [0.25, 0.3) is 0 Å². The van der Waals surface area contributed by atoms with Gasteiger partial charge in [-0.2, -0.15) is 0 Å². The van der Waals surface area contributed by atoms with Gasteiger partial charge in [0.15, 0.2) is 0 Å². The second-order valence-corrected chi connectivity index (χ2v) is 5.39. The van der Waals surface area contributed by atoms with Crippen LogP contribution < -0.4 is 0 Å². The van der Waals surface area contributed by atoms with Crippen molar-refractivity contribution in [2.45, 2.75) is 52.1 Å². The molecule has 0 bridgehead atoms. The topological polar surface area (TPSA) is 20.3 Å². The van der Waals surface area contributed by atoms with Crippen LogP contribution in [-0.2, 0) is 4.79 Å². The number of hydrogen-bond acceptors (Lipinski definition) is 1. The Morgan fingerprint density at radius 2 is 1.92 bits per heavy atom. The first-order valence-electron chi connectivity index (χ1n) is 5.26. The van der Waals surface area contributed by atoms with Gasteiger partial charge in [-0.25, -0.2) is 0 Å². The summed E-state index contributed by atoms with van der Waals surface area (Å²) in [6, 6.07) is 0.468. The van der Waals surface area contributed by atoms with E-state index < -0.39 is 0 Å². The summed E-state index contributed by atoms with van der Waals surface area (Å²) in [7, 11) is 0. The third kappa shape index (κ3) is 1.27. The van der Waals surface area contributed by atoms with Crippen molar-refractivity contribution >= 4 is 5.91 Å². The zero-order valence-electron chi connectivity index (χ0n) is 9.00. The molecule has 1 aliphatic carbocycles. The van der Waals surface area contributed by atoms with Crippen molar-refractivity contribution in [2.24, 2.45) is 11.8 Å². The number of likely N-dealkylation sites (tertiary alicyclic amines) is 1. The normalized spacial score (nSPS) is 41.2. The molecule has 0 aromatic heterocycles. The highest BCUT2D eigenvalue weighted by molar-refractivity contribution is 5.83. The fourth-order valence-electron chi connectivity index (χ4n) is 2.76. The summed E-state index contributed by atoms with van der Waals surface area (Å²) in [6.45, 7) is 8.64. The van der Waals surface area contributed by atoms with Crippen molar-refractivity contribution in [2.75, 3.05) is 0 Å². The number of amides is 1. The second kappa shape index (κ2) is 2.49. The van der Waals surface area contributed by atoms with Gasteiger partial charge in [0.2, 0.25) is 5.91 Å². The predicted octanol–water partition coefficient (Wildman–Crippen LogP) is 2.04. The van der Waals surface area contributed by atoms with Crippen molar-refractivity contribution in [1.82, 2.24) is 4.90 Å². The Hall–Kier alpha value is -0.530. The van der Waals surface area contributed by atoms with E-state index in [-0.39, 0.29) is 5.54 Å². The third-order valence-corrected chi connectivity index (χ3v) is 3.55. The Morgan fingerprint density at radius 3 is 2.23 bits per heavy atom. The first-order valence-corrected chi connectivity index (χ1v) is 5.26. The first kappa shape index (κ1) is 9.04. The van der Waals surface area contributed by atoms with E-state index in [9.17, 15) is 4.79 Å². The van der Waals surface area contributed by atoms with Crippen molar-refractivity contribution in [3.8, 4) is 0 Å². The van der Waals surface area contributed by atoms with E-state index in [2.05, 4.69) is 32.6 Å². The van der Waals surface area contributed by atoms with Gasteiger partial charge in [-0.1, -0.05) is 6.92 Å². The molecular formula is C11H19NO. The molecule has 0 spiro atoms. The highest BCUT2D eigenvalue weighted by Crippen LogP contribution is 2.45. The quantitative estimate of drug-likeness (QED) is 0.606. The van der Waals surface area contributed by atoms with Crippen LogP contribution in [-0.4, -0.2) is 22.4 Å². The van der Waals surface area contributed by atoms with Gasteiger partial charge < -0.3 is 4.90 Å². The van der Waals surface area contributed by atoms with Crippen LogP contribution in [0.4, 0.5) is 0 Å². The molecule has 3 atom stereocenters. The minimum absolute atomic E-state index is 0.124. The number of carbonyl (C=O) groups excluding carboxylic acids is 1. The Bertz CT molecular complexity index is 246. The molecule has 0 radical (unpaired) electrons. The molecule has 0 N–H and O–H groups in total. The van der Waals surface area contributed by atoms with Crippen molar-refractivity contribution in [3.63, 3.8) is 0 Å². The van der Waals surface area contributed by atoms with Gasteiger partial charge in [0, 0.05) is 17.5 Å². The molecule has 1 saturated heterocycles. The minimum Gasteiger partial charge on any atom is -0.334 e. The third-order valence-electron chi connectivity index (χ3n) is 3.55. The van der Waals surface area contributed by atoms with Crippen molar-refractivity contribution < 1.29 is 4.79 Å². The molecule has 1 saturated carbocycles. The van der Waals surface area contributed by atoms with Crippen molar-refractivity contribution in [1.29, 1.82) is 0 Å². The van der Waals surface area contributed by atoms with Gasteiger partial charge in [-0.15, -0.1) is 0 Å². The predicted molar refractivity (Wildman–Crippen MR) is 52.3 cm³/mol. The monoisotopic (exact) mass is 181 g/mol. The fraction of sp³-hybridized carbons (Fsp3) is 0.909. The Kier molecular flexibility index (Phi) is 1.73. The lowest BCUT2D eigenvalue weighted by Crippen LogP contribution is -2.64. The smallest absolute Gasteiger partial charge is 0.226 e. The second-order valence-electron chi connectivity index (χ2n) is 5.39. The average molecular weight is 181 g/mol. The number of nitrogens with zero attached hydrogens (tertiary/aromatic N) is 1. The summed E-state index contributed by atoms with van der Waals surface area (Å²) >= 11 is 0. The standard InChI is InChI=1S/C11H19NO/c1-7-5-9(7)10(13)12-8(2)6-11(12,3)4/h7-9H,5-6H2,1-4H3/t7-,8?,9-/m0/s1. The largest absolute Gasteiger partial charge is 0.334 e. The lowest BCUT2D eigenvalue weighted by molar-refractivity contribution is -0.153. The molecule has 1 aliphatic heterocycles. The molecule has 13 heavy (non-hydrogen) atoms. The van der Waals surface area contributed by atoms with Gasteiger partial charge in [-0.05, 0) is 39.5 Å². The van der Waals surface area contributed by atoms with Gasteiger partial charge in [0.25, 0.3) is 0 Å². The fourth-order valence-corrected chi connectivity index (χ4v) is 2.76. The summed E-state index contributed by atoms with van der Waals surface area (Å²) in [5.41, 5.74) is 0.124. The van der Waals surface area contributed by atoms with Crippen LogP contribution >= 0.6 is 0 Å². The molecule has 2 nitrogen and oxygen atoms in total. The number of rotatable bonds is 1. The van der Waals surface area contributed by atoms with Crippen LogP contribution in [0.3, 0.4) is 0 Å². The molecule has 2 fully saturated rings. The SMILES string of the molecule is CC1CC(C)(C)N1C(=O)[C@H]1C[C@@H]1C. The van der Waals surface area contributed by atoms with Crippen molar-refractivity contribution in [3.05, 3.63) is 0 Å². The zero-order valence-corrected chi connectivity index (χ0v) is 9.00. The molecule has 0 aromatic carbocycles. The molecular weight excluding hydrogens is 162 g/mol. The van der Waals surface area contributed by atoms with Crippen LogP contribution in [0.1, 0.15) is 40.5 Å². The van der Waals surface area contributed by atoms with E-state index in [0.29, 0.717) is 23.8 Å². The summed E-state index contributed by atoms with van der Waals surface area (Å²) in [6.07, 6.45) is 2.26. The minimum atomic E-state index is 0.124. The Labute approximate surface area is 80.3 Å². The van der Waals surface area contributed by atoms with Crippen LogP contribution in [0, 0.1) is 11.8 Å². The molecule has 74 valence electrons. The van der Waals surface area contributed by atoms with Crippen LogP contribution in [0.2, 0.25) is 0 Å². The maximum absolute atomic E-state index is 11.9. The van der Waals surface area contributed by atoms with E-state index in [0.717, 1.165) is 12.8 Å². The molecule has 0 aromatic rings. The molecule has 2 heteroatoms. The van der Waals surface area contributed by atoms with Gasteiger partial charge in [0.1, 0.15) is 0 Å². The summed E-state index contributed by atoms with van der Waals surface area (Å²) < 4.78 is 0. The van der Waals surface area contributed by atoms with Gasteiger partial charge in [-0.3, -0.25) is 4.79 Å². The van der Waals surface area contributed by atoms with Gasteiger partial charge >= 0.3 is 0 Å². The summed E-state index contributed by atoms with van der Waals surface area (Å²) in [5, 5.41) is 0. The molecule has 2 rings (SSSR count). The van der Waals surface area contributed by atoms with E-state index in [4.69, 9.17) is 0 Å². The molecule has 1 heterocycles. The molecule has 1 amide bonds. The van der Waals surface area contributed by atoms with E-state index in [1.54, 1.807) is 0 Å². The number of hydrogen-bond donors (Lipinski definition) is 0. The maximum atomic E-state index is 11.9. The zero-order chi connectivity index (χ0) is 9.80. The number of carbonyl (C=O) groups is 1.